The standard InChI is InChI=1S/C25H25N3O4S/c1-4-21-19(6-5-7-23(21)27-33(30,31)28(2)3)14-20-16-25(29)32-24-15-18(8-9-22(20)24)17-10-12-26-13-11-17/h5-13,15-16,27H,4,14H2,1-3H3. The predicted octanol–water partition coefficient (Wildman–Crippen LogP) is 4.23. The number of fused-ring (bicyclic) bond motifs is 1. The zero-order valence-corrected chi connectivity index (χ0v) is 19.5. The van der Waals surface area contributed by atoms with Crippen LogP contribution in [0, 0.1) is 0 Å². The number of hydrogen-bond acceptors (Lipinski definition) is 5. The first-order valence-electron chi connectivity index (χ1n) is 10.6. The largest absolute Gasteiger partial charge is 0.423 e. The first-order chi connectivity index (χ1) is 15.8. The second-order valence-electron chi connectivity index (χ2n) is 7.90. The molecule has 0 saturated heterocycles. The van der Waals surface area contributed by atoms with E-state index in [1.165, 1.54) is 20.2 Å². The van der Waals surface area contributed by atoms with Crippen LogP contribution in [0.1, 0.15) is 23.6 Å². The van der Waals surface area contributed by atoms with Crippen LogP contribution in [0.15, 0.2) is 76.2 Å². The van der Waals surface area contributed by atoms with Crippen molar-refractivity contribution in [1.29, 1.82) is 0 Å². The van der Waals surface area contributed by atoms with Gasteiger partial charge in [-0.25, -0.2) is 4.79 Å². The van der Waals surface area contributed by atoms with Gasteiger partial charge in [0.05, 0.1) is 5.69 Å². The van der Waals surface area contributed by atoms with Crippen LogP contribution in [0.4, 0.5) is 5.69 Å². The van der Waals surface area contributed by atoms with Crippen molar-refractivity contribution in [2.24, 2.45) is 0 Å². The zero-order chi connectivity index (χ0) is 23.6. The van der Waals surface area contributed by atoms with Crippen LogP contribution in [0.2, 0.25) is 0 Å². The molecule has 7 nitrogen and oxygen atoms in total. The molecule has 1 N–H and O–H groups in total. The summed E-state index contributed by atoms with van der Waals surface area (Å²) in [5, 5.41) is 0.841. The Morgan fingerprint density at radius 2 is 1.73 bits per heavy atom. The Bertz CT molecular complexity index is 1460. The van der Waals surface area contributed by atoms with E-state index in [9.17, 15) is 13.2 Å². The van der Waals surface area contributed by atoms with Gasteiger partial charge in [-0.05, 0) is 64.9 Å². The van der Waals surface area contributed by atoms with Crippen LogP contribution >= 0.6 is 0 Å². The number of rotatable bonds is 7. The normalized spacial score (nSPS) is 11.8. The van der Waals surface area contributed by atoms with E-state index in [0.717, 1.165) is 37.5 Å². The van der Waals surface area contributed by atoms with Crippen molar-refractivity contribution in [2.45, 2.75) is 19.8 Å². The van der Waals surface area contributed by atoms with Crippen LogP contribution in [0.25, 0.3) is 22.1 Å². The molecule has 2 aromatic carbocycles. The molecule has 0 aliphatic carbocycles. The molecule has 0 fully saturated rings. The van der Waals surface area contributed by atoms with Crippen LogP contribution in [-0.4, -0.2) is 31.8 Å². The minimum Gasteiger partial charge on any atom is -0.423 e. The maximum atomic E-state index is 12.4. The molecule has 0 radical (unpaired) electrons. The minimum absolute atomic E-state index is 0.424. The van der Waals surface area contributed by atoms with Gasteiger partial charge in [0.2, 0.25) is 0 Å². The molecule has 0 aliphatic rings. The topological polar surface area (TPSA) is 92.5 Å². The van der Waals surface area contributed by atoms with Crippen molar-refractivity contribution in [3.8, 4) is 11.1 Å². The fourth-order valence-electron chi connectivity index (χ4n) is 3.85. The molecule has 8 heteroatoms. The van der Waals surface area contributed by atoms with Crippen LogP contribution in [0.3, 0.4) is 0 Å². The molecule has 33 heavy (non-hydrogen) atoms. The number of benzene rings is 2. The highest BCUT2D eigenvalue weighted by atomic mass is 32.2. The third kappa shape index (κ3) is 4.81. The molecule has 0 amide bonds. The number of nitrogens with one attached hydrogen (secondary N) is 1. The highest BCUT2D eigenvalue weighted by Gasteiger charge is 2.17. The number of anilines is 1. The third-order valence-corrected chi connectivity index (χ3v) is 7.01. The molecule has 170 valence electrons. The van der Waals surface area contributed by atoms with Gasteiger partial charge in [0.15, 0.2) is 0 Å². The molecule has 0 atom stereocenters. The Balaban J connectivity index is 1.76. The second kappa shape index (κ2) is 9.17. The van der Waals surface area contributed by atoms with E-state index in [-0.39, 0.29) is 0 Å². The maximum Gasteiger partial charge on any atom is 0.336 e. The van der Waals surface area contributed by atoms with E-state index in [2.05, 4.69) is 9.71 Å². The van der Waals surface area contributed by atoms with E-state index < -0.39 is 15.8 Å². The summed E-state index contributed by atoms with van der Waals surface area (Å²) in [6, 6.07) is 16.6. The molecule has 0 saturated carbocycles. The van der Waals surface area contributed by atoms with Gasteiger partial charge in [0.1, 0.15) is 5.58 Å². The summed E-state index contributed by atoms with van der Waals surface area (Å²) in [4.78, 5) is 16.4. The fraction of sp³-hybridized carbons (Fsp3) is 0.200. The number of pyridine rings is 1. The van der Waals surface area contributed by atoms with Gasteiger partial charge in [0.25, 0.3) is 0 Å². The first-order valence-corrected chi connectivity index (χ1v) is 12.0. The molecule has 2 aromatic heterocycles. The lowest BCUT2D eigenvalue weighted by atomic mass is 9.95. The Labute approximate surface area is 192 Å². The summed E-state index contributed by atoms with van der Waals surface area (Å²) in [7, 11) is -0.673. The monoisotopic (exact) mass is 463 g/mol. The Morgan fingerprint density at radius 1 is 0.970 bits per heavy atom. The molecule has 4 aromatic rings. The lowest BCUT2D eigenvalue weighted by molar-refractivity contribution is 0.526. The van der Waals surface area contributed by atoms with Gasteiger partial charge in [-0.15, -0.1) is 0 Å². The Morgan fingerprint density at radius 3 is 2.42 bits per heavy atom. The maximum absolute atomic E-state index is 12.4. The van der Waals surface area contributed by atoms with Gasteiger partial charge >= 0.3 is 15.8 Å². The molecular weight excluding hydrogens is 438 g/mol. The van der Waals surface area contributed by atoms with Crippen molar-refractivity contribution in [3.63, 3.8) is 0 Å². The van der Waals surface area contributed by atoms with Gasteiger partial charge in [-0.2, -0.15) is 12.7 Å². The van der Waals surface area contributed by atoms with Gasteiger partial charge in [-0.1, -0.05) is 31.2 Å². The third-order valence-electron chi connectivity index (χ3n) is 5.57. The molecule has 2 heterocycles. The predicted molar refractivity (Wildman–Crippen MR) is 131 cm³/mol. The Kier molecular flexibility index (Phi) is 6.31. The fourth-order valence-corrected chi connectivity index (χ4v) is 4.50. The van der Waals surface area contributed by atoms with Crippen LogP contribution in [-0.2, 0) is 23.1 Å². The summed E-state index contributed by atoms with van der Waals surface area (Å²) in [5.41, 5.74) is 5.19. The lowest BCUT2D eigenvalue weighted by Crippen LogP contribution is -2.29. The first kappa shape index (κ1) is 22.7. The number of aromatic nitrogens is 1. The van der Waals surface area contributed by atoms with E-state index >= 15 is 0 Å². The van der Waals surface area contributed by atoms with Crippen molar-refractivity contribution in [2.75, 3.05) is 18.8 Å². The average molecular weight is 464 g/mol. The van der Waals surface area contributed by atoms with Crippen molar-refractivity contribution in [1.82, 2.24) is 9.29 Å². The van der Waals surface area contributed by atoms with E-state index in [1.807, 2.05) is 49.4 Å². The summed E-state index contributed by atoms with van der Waals surface area (Å²) in [6.45, 7) is 1.98. The smallest absolute Gasteiger partial charge is 0.336 e. The van der Waals surface area contributed by atoms with Crippen LogP contribution in [0.5, 0.6) is 0 Å². The summed E-state index contributed by atoms with van der Waals surface area (Å²) < 4.78 is 34.0. The summed E-state index contributed by atoms with van der Waals surface area (Å²) in [5.74, 6) is 0. The van der Waals surface area contributed by atoms with Crippen molar-refractivity contribution in [3.05, 3.63) is 94.1 Å². The van der Waals surface area contributed by atoms with Gasteiger partial charge < -0.3 is 4.42 Å². The highest BCUT2D eigenvalue weighted by molar-refractivity contribution is 7.90. The number of hydrogen-bond donors (Lipinski definition) is 1. The van der Waals surface area contributed by atoms with E-state index in [0.29, 0.717) is 24.1 Å². The summed E-state index contributed by atoms with van der Waals surface area (Å²) >= 11 is 0. The number of nitrogens with zero attached hydrogens (tertiary/aromatic N) is 2. The Hall–Kier alpha value is -3.49. The van der Waals surface area contributed by atoms with E-state index in [1.54, 1.807) is 18.5 Å². The van der Waals surface area contributed by atoms with Gasteiger partial charge in [-0.3, -0.25) is 9.71 Å². The quantitative estimate of drug-likeness (QED) is 0.414. The second-order valence-corrected chi connectivity index (χ2v) is 9.79. The summed E-state index contributed by atoms with van der Waals surface area (Å²) in [6.07, 6.45) is 4.54. The average Bonchev–Trinajstić information content (AvgIpc) is 2.79. The van der Waals surface area contributed by atoms with Crippen molar-refractivity contribution >= 4 is 26.9 Å². The molecule has 4 rings (SSSR count). The van der Waals surface area contributed by atoms with E-state index in [4.69, 9.17) is 4.42 Å². The molecule has 0 aliphatic heterocycles. The molecule has 0 spiro atoms. The molecule has 0 unspecified atom stereocenters. The highest BCUT2D eigenvalue weighted by Crippen LogP contribution is 2.29. The molecular formula is C25H25N3O4S. The van der Waals surface area contributed by atoms with Gasteiger partial charge in [0, 0.05) is 37.9 Å². The SMILES string of the molecule is CCc1c(Cc2cc(=O)oc3cc(-c4ccncc4)ccc23)cccc1NS(=O)(=O)N(C)C. The van der Waals surface area contributed by atoms with Crippen LogP contribution < -0.4 is 10.3 Å². The minimum atomic E-state index is -3.63. The lowest BCUT2D eigenvalue weighted by Gasteiger charge is -2.18. The van der Waals surface area contributed by atoms with Crippen molar-refractivity contribution < 1.29 is 12.8 Å². The zero-order valence-electron chi connectivity index (χ0n) is 18.7. The molecule has 0 bridgehead atoms.